The van der Waals surface area contributed by atoms with Gasteiger partial charge in [-0.3, -0.25) is 0 Å². The van der Waals surface area contributed by atoms with E-state index in [1.165, 1.54) is 0 Å². The molecule has 3 nitrogen and oxygen atoms in total. The van der Waals surface area contributed by atoms with Crippen molar-refractivity contribution in [3.63, 3.8) is 0 Å². The van der Waals surface area contributed by atoms with Crippen LogP contribution in [0.1, 0.15) is 48.0 Å². The van der Waals surface area contributed by atoms with E-state index in [9.17, 15) is 0 Å². The molecule has 120 valence electrons. The van der Waals surface area contributed by atoms with Crippen LogP contribution in [-0.4, -0.2) is 24.8 Å². The number of hydrogen-bond donors (Lipinski definition) is 1. The summed E-state index contributed by atoms with van der Waals surface area (Å²) in [5.74, 6) is 2.25. The van der Waals surface area contributed by atoms with Gasteiger partial charge in [-0.15, -0.1) is 0 Å². The Morgan fingerprint density at radius 1 is 1.05 bits per heavy atom. The molecule has 1 unspecified atom stereocenters. The monoisotopic (exact) mass is 293 g/mol. The maximum Gasteiger partial charge on any atom is 0.120 e. The second-order valence-corrected chi connectivity index (χ2v) is 6.85. The van der Waals surface area contributed by atoms with Crippen molar-refractivity contribution in [2.75, 3.05) is 13.2 Å². The maximum atomic E-state index is 6.11. The average Bonchev–Trinajstić information content (AvgIpc) is 2.41. The topological polar surface area (TPSA) is 30.5 Å². The minimum absolute atomic E-state index is 0.106. The second-order valence-electron chi connectivity index (χ2n) is 6.85. The fourth-order valence-electron chi connectivity index (χ4n) is 1.83. The van der Waals surface area contributed by atoms with Crippen LogP contribution >= 0.6 is 0 Å². The second kappa shape index (κ2) is 8.28. The third-order valence-corrected chi connectivity index (χ3v) is 3.16. The summed E-state index contributed by atoms with van der Waals surface area (Å²) >= 11 is 0. The van der Waals surface area contributed by atoms with Gasteiger partial charge >= 0.3 is 0 Å². The van der Waals surface area contributed by atoms with Gasteiger partial charge in [0.25, 0.3) is 0 Å². The SMILES string of the molecule is CCCOc1ccc(OC(CNC(C)(C)C)C(C)C)cc1. The van der Waals surface area contributed by atoms with Gasteiger partial charge < -0.3 is 14.8 Å². The first-order chi connectivity index (χ1) is 9.81. The standard InChI is InChI=1S/C18H31NO2/c1-7-12-20-15-8-10-16(11-9-15)21-17(14(2)3)13-19-18(4,5)6/h8-11,14,17,19H,7,12-13H2,1-6H3. The van der Waals surface area contributed by atoms with E-state index in [2.05, 4.69) is 46.9 Å². The molecule has 1 aromatic rings. The Morgan fingerprint density at radius 2 is 1.62 bits per heavy atom. The molecule has 1 atom stereocenters. The zero-order valence-corrected chi connectivity index (χ0v) is 14.4. The summed E-state index contributed by atoms with van der Waals surface area (Å²) in [5.41, 5.74) is 0.106. The predicted molar refractivity (Wildman–Crippen MR) is 89.2 cm³/mol. The van der Waals surface area contributed by atoms with Gasteiger partial charge in [-0.05, 0) is 57.4 Å². The van der Waals surface area contributed by atoms with Crippen LogP contribution in [0, 0.1) is 5.92 Å². The van der Waals surface area contributed by atoms with Crippen LogP contribution in [0.15, 0.2) is 24.3 Å². The average molecular weight is 293 g/mol. The Bertz CT molecular complexity index is 393. The molecular weight excluding hydrogens is 262 g/mol. The highest BCUT2D eigenvalue weighted by atomic mass is 16.5. The maximum absolute atomic E-state index is 6.11. The van der Waals surface area contributed by atoms with Crippen LogP contribution in [0.25, 0.3) is 0 Å². The molecule has 21 heavy (non-hydrogen) atoms. The van der Waals surface area contributed by atoms with E-state index in [1.807, 2.05) is 24.3 Å². The lowest BCUT2D eigenvalue weighted by atomic mass is 10.0. The van der Waals surface area contributed by atoms with Crippen molar-refractivity contribution in [2.24, 2.45) is 5.92 Å². The Labute approximate surface area is 130 Å². The summed E-state index contributed by atoms with van der Waals surface area (Å²) < 4.78 is 11.7. The molecule has 0 radical (unpaired) electrons. The highest BCUT2D eigenvalue weighted by Crippen LogP contribution is 2.20. The van der Waals surface area contributed by atoms with Crippen LogP contribution in [-0.2, 0) is 0 Å². The fourth-order valence-corrected chi connectivity index (χ4v) is 1.83. The highest BCUT2D eigenvalue weighted by molar-refractivity contribution is 5.31. The number of benzene rings is 1. The lowest BCUT2D eigenvalue weighted by molar-refractivity contribution is 0.139. The Kier molecular flexibility index (Phi) is 7.03. The molecule has 0 aliphatic carbocycles. The molecular formula is C18H31NO2. The van der Waals surface area contributed by atoms with Gasteiger partial charge in [0.1, 0.15) is 17.6 Å². The van der Waals surface area contributed by atoms with Crippen LogP contribution in [0.3, 0.4) is 0 Å². The van der Waals surface area contributed by atoms with Crippen molar-refractivity contribution >= 4 is 0 Å². The van der Waals surface area contributed by atoms with Crippen molar-refractivity contribution in [2.45, 2.75) is 59.6 Å². The van der Waals surface area contributed by atoms with E-state index in [4.69, 9.17) is 9.47 Å². The number of ether oxygens (including phenoxy) is 2. The van der Waals surface area contributed by atoms with E-state index in [0.29, 0.717) is 5.92 Å². The van der Waals surface area contributed by atoms with Crippen molar-refractivity contribution in [3.8, 4) is 11.5 Å². The van der Waals surface area contributed by atoms with Gasteiger partial charge in [-0.2, -0.15) is 0 Å². The van der Waals surface area contributed by atoms with Gasteiger partial charge in [0, 0.05) is 12.1 Å². The third kappa shape index (κ3) is 7.37. The van der Waals surface area contributed by atoms with Gasteiger partial charge in [0.2, 0.25) is 0 Å². The van der Waals surface area contributed by atoms with E-state index in [-0.39, 0.29) is 11.6 Å². The van der Waals surface area contributed by atoms with Gasteiger partial charge in [0.05, 0.1) is 6.61 Å². The zero-order chi connectivity index (χ0) is 15.9. The Morgan fingerprint density at radius 3 is 2.10 bits per heavy atom. The summed E-state index contributed by atoms with van der Waals surface area (Å²) in [6.45, 7) is 14.6. The summed E-state index contributed by atoms with van der Waals surface area (Å²) in [5, 5.41) is 3.51. The summed E-state index contributed by atoms with van der Waals surface area (Å²) in [4.78, 5) is 0. The van der Waals surface area contributed by atoms with E-state index in [0.717, 1.165) is 31.1 Å². The van der Waals surface area contributed by atoms with E-state index >= 15 is 0 Å². The molecule has 0 spiro atoms. The molecule has 1 aromatic carbocycles. The normalized spacial score (nSPS) is 13.3. The molecule has 0 aliphatic rings. The molecule has 3 heteroatoms. The minimum atomic E-state index is 0.106. The smallest absolute Gasteiger partial charge is 0.120 e. The van der Waals surface area contributed by atoms with Crippen LogP contribution in [0.4, 0.5) is 0 Å². The summed E-state index contributed by atoms with van der Waals surface area (Å²) in [7, 11) is 0. The minimum Gasteiger partial charge on any atom is -0.494 e. The summed E-state index contributed by atoms with van der Waals surface area (Å²) in [6.07, 6.45) is 1.18. The first-order valence-electron chi connectivity index (χ1n) is 7.96. The van der Waals surface area contributed by atoms with Crippen molar-refractivity contribution in [1.82, 2.24) is 5.32 Å². The van der Waals surface area contributed by atoms with Gasteiger partial charge in [-0.25, -0.2) is 0 Å². The molecule has 1 rings (SSSR count). The number of nitrogens with one attached hydrogen (secondary N) is 1. The van der Waals surface area contributed by atoms with Crippen molar-refractivity contribution in [1.29, 1.82) is 0 Å². The lowest BCUT2D eigenvalue weighted by Gasteiger charge is -2.28. The van der Waals surface area contributed by atoms with E-state index in [1.54, 1.807) is 0 Å². The summed E-state index contributed by atoms with van der Waals surface area (Å²) in [6, 6.07) is 7.91. The van der Waals surface area contributed by atoms with Crippen molar-refractivity contribution < 1.29 is 9.47 Å². The highest BCUT2D eigenvalue weighted by Gasteiger charge is 2.18. The molecule has 0 bridgehead atoms. The first kappa shape index (κ1) is 17.8. The molecule has 0 saturated carbocycles. The Hall–Kier alpha value is -1.22. The molecule has 0 amide bonds. The zero-order valence-electron chi connectivity index (χ0n) is 14.4. The van der Waals surface area contributed by atoms with Gasteiger partial charge in [-0.1, -0.05) is 20.8 Å². The van der Waals surface area contributed by atoms with Crippen LogP contribution in [0.2, 0.25) is 0 Å². The Balaban J connectivity index is 2.58. The molecule has 0 saturated heterocycles. The fraction of sp³-hybridized carbons (Fsp3) is 0.667. The van der Waals surface area contributed by atoms with E-state index < -0.39 is 0 Å². The number of rotatable bonds is 8. The first-order valence-corrected chi connectivity index (χ1v) is 7.96. The van der Waals surface area contributed by atoms with Gasteiger partial charge in [0.15, 0.2) is 0 Å². The number of hydrogen-bond acceptors (Lipinski definition) is 3. The third-order valence-electron chi connectivity index (χ3n) is 3.16. The van der Waals surface area contributed by atoms with Crippen LogP contribution in [0.5, 0.6) is 11.5 Å². The molecule has 1 N–H and O–H groups in total. The quantitative estimate of drug-likeness (QED) is 0.776. The molecule has 0 aliphatic heterocycles. The predicted octanol–water partition coefficient (Wildman–Crippen LogP) is 4.27. The van der Waals surface area contributed by atoms with Crippen LogP contribution < -0.4 is 14.8 Å². The van der Waals surface area contributed by atoms with Crippen molar-refractivity contribution in [3.05, 3.63) is 24.3 Å². The molecule has 0 fully saturated rings. The molecule has 0 heterocycles. The largest absolute Gasteiger partial charge is 0.494 e. The lowest BCUT2D eigenvalue weighted by Crippen LogP contribution is -2.44. The molecule has 0 aromatic heterocycles.